The number of piperazine rings is 1. The number of hydrogen-bond acceptors (Lipinski definition) is 6. The standard InChI is InChI=1S/C17H20N6O/c1-2-7-19-16(24)14-6-9-20-17(21-14)23-12-10-22(11-13-23)15-5-3-4-8-18-15/h2-6,8-9H,1,7,10-13H2,(H,19,24). The third-order valence-corrected chi connectivity index (χ3v) is 3.82. The van der Waals surface area contributed by atoms with Gasteiger partial charge in [0.05, 0.1) is 0 Å². The zero-order valence-electron chi connectivity index (χ0n) is 13.4. The van der Waals surface area contributed by atoms with Crippen molar-refractivity contribution in [2.24, 2.45) is 0 Å². The van der Waals surface area contributed by atoms with Crippen LogP contribution in [0.4, 0.5) is 11.8 Å². The molecule has 124 valence electrons. The quantitative estimate of drug-likeness (QED) is 0.831. The lowest BCUT2D eigenvalue weighted by Gasteiger charge is -2.35. The van der Waals surface area contributed by atoms with Crippen LogP contribution < -0.4 is 15.1 Å². The second-order valence-electron chi connectivity index (χ2n) is 5.40. The molecule has 1 aliphatic heterocycles. The summed E-state index contributed by atoms with van der Waals surface area (Å²) in [6.45, 7) is 7.25. The Bertz CT molecular complexity index is 697. The maximum Gasteiger partial charge on any atom is 0.270 e. The third kappa shape index (κ3) is 3.68. The van der Waals surface area contributed by atoms with Gasteiger partial charge in [-0.25, -0.2) is 15.0 Å². The van der Waals surface area contributed by atoms with Gasteiger partial charge in [-0.2, -0.15) is 0 Å². The smallest absolute Gasteiger partial charge is 0.270 e. The monoisotopic (exact) mass is 324 g/mol. The maximum absolute atomic E-state index is 12.0. The SMILES string of the molecule is C=CCNC(=O)c1ccnc(N2CCN(c3ccccn3)CC2)n1. The molecule has 3 rings (SSSR count). The van der Waals surface area contributed by atoms with Crippen LogP contribution in [0.5, 0.6) is 0 Å². The summed E-state index contributed by atoms with van der Waals surface area (Å²) in [6, 6.07) is 7.53. The largest absolute Gasteiger partial charge is 0.353 e. The molecule has 2 aromatic rings. The summed E-state index contributed by atoms with van der Waals surface area (Å²) in [7, 11) is 0. The number of carbonyl (C=O) groups excluding carboxylic acids is 1. The van der Waals surface area contributed by atoms with Gasteiger partial charge < -0.3 is 15.1 Å². The average Bonchev–Trinajstić information content (AvgIpc) is 2.67. The molecule has 3 heterocycles. The number of pyridine rings is 1. The summed E-state index contributed by atoms with van der Waals surface area (Å²) in [6.07, 6.45) is 5.06. The minimum atomic E-state index is -0.217. The summed E-state index contributed by atoms with van der Waals surface area (Å²) < 4.78 is 0. The van der Waals surface area contributed by atoms with Gasteiger partial charge >= 0.3 is 0 Å². The van der Waals surface area contributed by atoms with Crippen molar-refractivity contribution >= 4 is 17.7 Å². The summed E-state index contributed by atoms with van der Waals surface area (Å²) in [5, 5.41) is 2.73. The van der Waals surface area contributed by atoms with Gasteiger partial charge in [0.2, 0.25) is 5.95 Å². The van der Waals surface area contributed by atoms with E-state index in [4.69, 9.17) is 0 Å². The normalized spacial score (nSPS) is 14.3. The summed E-state index contributed by atoms with van der Waals surface area (Å²) >= 11 is 0. The molecule has 0 saturated carbocycles. The second-order valence-corrected chi connectivity index (χ2v) is 5.40. The molecule has 1 amide bonds. The average molecular weight is 324 g/mol. The predicted molar refractivity (Wildman–Crippen MR) is 93.2 cm³/mol. The molecular formula is C17H20N6O. The van der Waals surface area contributed by atoms with Gasteiger partial charge in [-0.15, -0.1) is 6.58 Å². The third-order valence-electron chi connectivity index (χ3n) is 3.82. The van der Waals surface area contributed by atoms with E-state index in [1.165, 1.54) is 0 Å². The van der Waals surface area contributed by atoms with Crippen LogP contribution in [0.25, 0.3) is 0 Å². The molecule has 0 unspecified atom stereocenters. The molecule has 7 heteroatoms. The van der Waals surface area contributed by atoms with Crippen LogP contribution in [0.2, 0.25) is 0 Å². The lowest BCUT2D eigenvalue weighted by Crippen LogP contribution is -2.47. The van der Waals surface area contributed by atoms with Gasteiger partial charge in [0.25, 0.3) is 5.91 Å². The van der Waals surface area contributed by atoms with Crippen LogP contribution in [0.15, 0.2) is 49.3 Å². The first-order chi connectivity index (χ1) is 11.8. The molecule has 0 radical (unpaired) electrons. The molecule has 1 fully saturated rings. The molecule has 0 atom stereocenters. The fraction of sp³-hybridized carbons (Fsp3) is 0.294. The number of nitrogens with zero attached hydrogens (tertiary/aromatic N) is 5. The minimum Gasteiger partial charge on any atom is -0.353 e. The van der Waals surface area contributed by atoms with Crippen LogP contribution in [0.3, 0.4) is 0 Å². The number of aromatic nitrogens is 3. The van der Waals surface area contributed by atoms with Crippen LogP contribution in [-0.2, 0) is 0 Å². The lowest BCUT2D eigenvalue weighted by molar-refractivity contribution is 0.0953. The van der Waals surface area contributed by atoms with E-state index >= 15 is 0 Å². The van der Waals surface area contributed by atoms with Crippen molar-refractivity contribution in [3.8, 4) is 0 Å². The fourth-order valence-corrected chi connectivity index (χ4v) is 2.56. The van der Waals surface area contributed by atoms with Crippen molar-refractivity contribution in [2.45, 2.75) is 0 Å². The predicted octanol–water partition coefficient (Wildman–Crippen LogP) is 1.11. The summed E-state index contributed by atoms with van der Waals surface area (Å²) in [4.78, 5) is 29.4. The number of rotatable bonds is 5. The second kappa shape index (κ2) is 7.54. The van der Waals surface area contributed by atoms with Crippen LogP contribution in [0, 0.1) is 0 Å². The van der Waals surface area contributed by atoms with E-state index in [2.05, 4.69) is 36.6 Å². The highest BCUT2D eigenvalue weighted by atomic mass is 16.1. The highest BCUT2D eigenvalue weighted by molar-refractivity contribution is 5.92. The highest BCUT2D eigenvalue weighted by Gasteiger charge is 2.20. The van der Waals surface area contributed by atoms with Crippen LogP contribution in [-0.4, -0.2) is 53.6 Å². The number of hydrogen-bond donors (Lipinski definition) is 1. The van der Waals surface area contributed by atoms with Crippen molar-refractivity contribution in [1.82, 2.24) is 20.3 Å². The van der Waals surface area contributed by atoms with Crippen molar-refractivity contribution in [1.29, 1.82) is 0 Å². The molecule has 24 heavy (non-hydrogen) atoms. The number of carbonyl (C=O) groups is 1. The Morgan fingerprint density at radius 1 is 1.12 bits per heavy atom. The van der Waals surface area contributed by atoms with Gasteiger partial charge in [-0.3, -0.25) is 4.79 Å². The Hall–Kier alpha value is -2.96. The zero-order chi connectivity index (χ0) is 16.8. The Morgan fingerprint density at radius 3 is 2.62 bits per heavy atom. The van der Waals surface area contributed by atoms with Gasteiger partial charge in [-0.05, 0) is 18.2 Å². The number of anilines is 2. The first kappa shape index (κ1) is 15.9. The van der Waals surface area contributed by atoms with E-state index in [1.54, 1.807) is 24.5 Å². The molecule has 0 spiro atoms. The Labute approximate surface area is 141 Å². The molecule has 7 nitrogen and oxygen atoms in total. The van der Waals surface area contributed by atoms with Gasteiger partial charge in [-0.1, -0.05) is 12.1 Å². The minimum absolute atomic E-state index is 0.217. The molecule has 1 saturated heterocycles. The number of amides is 1. The first-order valence-electron chi connectivity index (χ1n) is 7.91. The van der Waals surface area contributed by atoms with E-state index in [0.717, 1.165) is 32.0 Å². The summed E-state index contributed by atoms with van der Waals surface area (Å²) in [5.74, 6) is 1.35. The lowest BCUT2D eigenvalue weighted by atomic mass is 10.3. The fourth-order valence-electron chi connectivity index (χ4n) is 2.56. The Kier molecular flexibility index (Phi) is 5.00. The van der Waals surface area contributed by atoms with E-state index in [0.29, 0.717) is 18.2 Å². The first-order valence-corrected chi connectivity index (χ1v) is 7.91. The molecule has 1 N–H and O–H groups in total. The van der Waals surface area contributed by atoms with Crippen LogP contribution in [0.1, 0.15) is 10.5 Å². The van der Waals surface area contributed by atoms with Gasteiger partial charge in [0.1, 0.15) is 11.5 Å². The van der Waals surface area contributed by atoms with Crippen molar-refractivity contribution in [3.05, 3.63) is 55.0 Å². The van der Waals surface area contributed by atoms with Crippen LogP contribution >= 0.6 is 0 Å². The molecule has 0 bridgehead atoms. The van der Waals surface area contributed by atoms with Gasteiger partial charge in [0, 0.05) is 45.1 Å². The molecular weight excluding hydrogens is 304 g/mol. The molecule has 0 aromatic carbocycles. The topological polar surface area (TPSA) is 74.2 Å². The van der Waals surface area contributed by atoms with E-state index in [-0.39, 0.29) is 5.91 Å². The van der Waals surface area contributed by atoms with Crippen molar-refractivity contribution in [2.75, 3.05) is 42.5 Å². The number of nitrogens with one attached hydrogen (secondary N) is 1. The van der Waals surface area contributed by atoms with E-state index in [1.807, 2.05) is 18.2 Å². The van der Waals surface area contributed by atoms with Crippen molar-refractivity contribution < 1.29 is 4.79 Å². The van der Waals surface area contributed by atoms with E-state index in [9.17, 15) is 4.79 Å². The highest BCUT2D eigenvalue weighted by Crippen LogP contribution is 2.15. The molecule has 1 aliphatic rings. The Balaban J connectivity index is 1.64. The Morgan fingerprint density at radius 2 is 1.92 bits per heavy atom. The maximum atomic E-state index is 12.0. The van der Waals surface area contributed by atoms with E-state index < -0.39 is 0 Å². The molecule has 0 aliphatic carbocycles. The summed E-state index contributed by atoms with van der Waals surface area (Å²) in [5.41, 5.74) is 0.369. The van der Waals surface area contributed by atoms with Crippen molar-refractivity contribution in [3.63, 3.8) is 0 Å². The zero-order valence-corrected chi connectivity index (χ0v) is 13.4. The molecule has 2 aromatic heterocycles. The van der Waals surface area contributed by atoms with Gasteiger partial charge in [0.15, 0.2) is 0 Å².